The van der Waals surface area contributed by atoms with Crippen LogP contribution < -0.4 is 5.32 Å². The minimum absolute atomic E-state index is 0.106. The van der Waals surface area contributed by atoms with Gasteiger partial charge in [-0.05, 0) is 24.3 Å². The molecule has 1 N–H and O–H groups in total. The number of benzene rings is 1. The lowest BCUT2D eigenvalue weighted by Crippen LogP contribution is -2.18. The quantitative estimate of drug-likeness (QED) is 0.333. The molecule has 0 radical (unpaired) electrons. The average Bonchev–Trinajstić information content (AvgIpc) is 3.06. The number of carbonyl (C=O) groups excluding carboxylic acids is 3. The number of ketones is 1. The number of Topliss-reactive ketones (excluding diaryl/α,β-unsaturated/α-hetero) is 1. The number of rotatable bonds is 7. The number of thiophene rings is 1. The molecule has 0 spiro atoms. The zero-order valence-corrected chi connectivity index (χ0v) is 15.1. The van der Waals surface area contributed by atoms with Crippen LogP contribution in [0.5, 0.6) is 0 Å². The number of halogens is 1. The molecular formula is C16H13ClN2O6S. The largest absolute Gasteiger partial charge is 0.453 e. The molecular weight excluding hydrogens is 384 g/mol. The van der Waals surface area contributed by atoms with Crippen molar-refractivity contribution >= 4 is 46.3 Å². The Kier molecular flexibility index (Phi) is 6.42. The Morgan fingerprint density at radius 3 is 2.65 bits per heavy atom. The Balaban J connectivity index is 2.00. The van der Waals surface area contributed by atoms with Crippen LogP contribution in [0.25, 0.3) is 0 Å². The van der Waals surface area contributed by atoms with Crippen molar-refractivity contribution in [3.63, 3.8) is 0 Å². The van der Waals surface area contributed by atoms with Gasteiger partial charge in [-0.2, -0.15) is 0 Å². The molecule has 8 nitrogen and oxygen atoms in total. The summed E-state index contributed by atoms with van der Waals surface area (Å²) in [5.74, 6) is -1.63. The predicted molar refractivity (Wildman–Crippen MR) is 94.6 cm³/mol. The molecule has 1 aromatic heterocycles. The second-order valence-corrected chi connectivity index (χ2v) is 6.70. The number of carbonyl (C=O) groups is 3. The summed E-state index contributed by atoms with van der Waals surface area (Å²) in [7, 11) is 0. The highest BCUT2D eigenvalue weighted by atomic mass is 35.5. The van der Waals surface area contributed by atoms with E-state index in [2.05, 4.69) is 5.32 Å². The van der Waals surface area contributed by atoms with E-state index in [-0.39, 0.29) is 16.5 Å². The van der Waals surface area contributed by atoms with E-state index >= 15 is 0 Å². The molecule has 0 saturated carbocycles. The van der Waals surface area contributed by atoms with Crippen molar-refractivity contribution in [3.8, 4) is 0 Å². The number of nitrogens with zero attached hydrogens (tertiary/aromatic N) is 1. The van der Waals surface area contributed by atoms with E-state index in [0.29, 0.717) is 11.4 Å². The molecule has 0 aliphatic carbocycles. The van der Waals surface area contributed by atoms with Crippen LogP contribution in [0.2, 0.25) is 5.02 Å². The molecule has 2 rings (SSSR count). The van der Waals surface area contributed by atoms with Crippen LogP contribution in [0.3, 0.4) is 0 Å². The minimum Gasteiger partial charge on any atom is -0.453 e. The maximum Gasteiger partial charge on any atom is 0.345 e. The number of nitrogens with one attached hydrogen (secondary N) is 1. The second-order valence-electron chi connectivity index (χ2n) is 5.09. The first-order valence-corrected chi connectivity index (χ1v) is 8.44. The van der Waals surface area contributed by atoms with E-state index in [1.54, 1.807) is 12.1 Å². The third kappa shape index (κ3) is 5.11. The van der Waals surface area contributed by atoms with E-state index in [9.17, 15) is 24.5 Å². The second kappa shape index (κ2) is 8.54. The number of esters is 1. The normalized spacial score (nSPS) is 10.2. The Bertz CT molecular complexity index is 879. The van der Waals surface area contributed by atoms with Gasteiger partial charge in [0.1, 0.15) is 5.56 Å². The molecule has 0 atom stereocenters. The van der Waals surface area contributed by atoms with E-state index in [0.717, 1.165) is 22.3 Å². The summed E-state index contributed by atoms with van der Waals surface area (Å²) in [6.45, 7) is 1.12. The zero-order chi connectivity index (χ0) is 19.3. The molecule has 0 fully saturated rings. The molecule has 10 heteroatoms. The first-order valence-electron chi connectivity index (χ1n) is 7.25. The number of hydrogen-bond acceptors (Lipinski definition) is 7. The summed E-state index contributed by atoms with van der Waals surface area (Å²) in [5, 5.41) is 13.7. The lowest BCUT2D eigenvalue weighted by Gasteiger charge is -2.04. The highest BCUT2D eigenvalue weighted by Crippen LogP contribution is 2.24. The van der Waals surface area contributed by atoms with Gasteiger partial charge < -0.3 is 10.1 Å². The monoisotopic (exact) mass is 396 g/mol. The van der Waals surface area contributed by atoms with Gasteiger partial charge in [0.05, 0.1) is 16.3 Å². The van der Waals surface area contributed by atoms with E-state index in [4.69, 9.17) is 16.3 Å². The number of hydrogen-bond donors (Lipinski definition) is 1. The number of nitro benzene ring substituents is 1. The molecule has 0 bridgehead atoms. The van der Waals surface area contributed by atoms with Gasteiger partial charge in [0.25, 0.3) is 5.69 Å². The Morgan fingerprint density at radius 2 is 2.00 bits per heavy atom. The minimum atomic E-state index is -0.989. The van der Waals surface area contributed by atoms with E-state index in [1.165, 1.54) is 19.1 Å². The summed E-state index contributed by atoms with van der Waals surface area (Å²) in [6, 6.07) is 6.76. The highest BCUT2D eigenvalue weighted by Gasteiger charge is 2.23. The van der Waals surface area contributed by atoms with Crippen LogP contribution in [-0.2, 0) is 16.1 Å². The van der Waals surface area contributed by atoms with Gasteiger partial charge in [-0.3, -0.25) is 19.7 Å². The molecule has 1 amide bonds. The van der Waals surface area contributed by atoms with Crippen LogP contribution >= 0.6 is 22.9 Å². The molecule has 1 heterocycles. The molecule has 26 heavy (non-hydrogen) atoms. The molecule has 2 aromatic rings. The lowest BCUT2D eigenvalue weighted by molar-refractivity contribution is -0.385. The average molecular weight is 397 g/mol. The molecule has 1 aromatic carbocycles. The standard InChI is InChI=1S/C16H13ClN2O6S/c1-9(20)18-7-11-3-5-15(26-11)14(21)8-25-16(22)12-4-2-10(17)6-13(12)19(23)24/h2-6H,7-8H2,1H3,(H,18,20). The van der Waals surface area contributed by atoms with Crippen molar-refractivity contribution in [3.05, 3.63) is 60.8 Å². The van der Waals surface area contributed by atoms with Gasteiger partial charge >= 0.3 is 5.97 Å². The SMILES string of the molecule is CC(=O)NCc1ccc(C(=O)COC(=O)c2ccc(Cl)cc2[N+](=O)[O-])s1. The fraction of sp³-hybridized carbons (Fsp3) is 0.188. The third-order valence-corrected chi connectivity index (χ3v) is 4.52. The fourth-order valence-corrected chi connectivity index (χ4v) is 2.98. The molecule has 0 unspecified atom stereocenters. The van der Waals surface area contributed by atoms with Gasteiger partial charge in [-0.25, -0.2) is 4.79 Å². The van der Waals surface area contributed by atoms with Gasteiger partial charge in [0.15, 0.2) is 6.61 Å². The summed E-state index contributed by atoms with van der Waals surface area (Å²) in [6.07, 6.45) is 0. The predicted octanol–water partition coefficient (Wildman–Crippen LogP) is 2.99. The van der Waals surface area contributed by atoms with Crippen molar-refractivity contribution in [2.45, 2.75) is 13.5 Å². The van der Waals surface area contributed by atoms with Crippen LogP contribution in [0, 0.1) is 10.1 Å². The van der Waals surface area contributed by atoms with Crippen LogP contribution in [0.4, 0.5) is 5.69 Å². The summed E-state index contributed by atoms with van der Waals surface area (Å²) in [5.41, 5.74) is -0.784. The highest BCUT2D eigenvalue weighted by molar-refractivity contribution is 7.14. The number of nitro groups is 1. The molecule has 0 saturated heterocycles. The molecule has 0 aliphatic rings. The van der Waals surface area contributed by atoms with Crippen molar-refractivity contribution in [1.82, 2.24) is 5.32 Å². The van der Waals surface area contributed by atoms with Crippen LogP contribution in [0.1, 0.15) is 31.8 Å². The summed E-state index contributed by atoms with van der Waals surface area (Å²) >= 11 is 6.84. The van der Waals surface area contributed by atoms with Gasteiger partial charge in [-0.1, -0.05) is 11.6 Å². The number of amides is 1. The van der Waals surface area contributed by atoms with Crippen molar-refractivity contribution in [2.75, 3.05) is 6.61 Å². The Morgan fingerprint density at radius 1 is 1.27 bits per heavy atom. The topological polar surface area (TPSA) is 116 Å². The van der Waals surface area contributed by atoms with Crippen molar-refractivity contribution < 1.29 is 24.0 Å². The fourth-order valence-electron chi connectivity index (χ4n) is 1.94. The van der Waals surface area contributed by atoms with Crippen molar-refractivity contribution in [1.29, 1.82) is 0 Å². The lowest BCUT2D eigenvalue weighted by atomic mass is 10.2. The van der Waals surface area contributed by atoms with Crippen LogP contribution in [0.15, 0.2) is 30.3 Å². The van der Waals surface area contributed by atoms with Gasteiger partial charge in [-0.15, -0.1) is 11.3 Å². The van der Waals surface area contributed by atoms with Gasteiger partial charge in [0.2, 0.25) is 11.7 Å². The van der Waals surface area contributed by atoms with E-state index < -0.39 is 29.0 Å². The van der Waals surface area contributed by atoms with Crippen LogP contribution in [-0.4, -0.2) is 29.2 Å². The third-order valence-electron chi connectivity index (χ3n) is 3.16. The summed E-state index contributed by atoms with van der Waals surface area (Å²) < 4.78 is 4.88. The van der Waals surface area contributed by atoms with E-state index in [1.807, 2.05) is 0 Å². The Hall–Kier alpha value is -2.78. The first-order chi connectivity index (χ1) is 12.3. The molecule has 0 aliphatic heterocycles. The smallest absolute Gasteiger partial charge is 0.345 e. The summed E-state index contributed by atoms with van der Waals surface area (Å²) in [4.78, 5) is 46.4. The number of ether oxygens (including phenoxy) is 1. The Labute approximate surface area is 156 Å². The molecule has 136 valence electrons. The maximum absolute atomic E-state index is 12.1. The zero-order valence-electron chi connectivity index (χ0n) is 13.5. The first kappa shape index (κ1) is 19.5. The van der Waals surface area contributed by atoms with Crippen molar-refractivity contribution in [2.24, 2.45) is 0 Å². The maximum atomic E-state index is 12.1. The van der Waals surface area contributed by atoms with Gasteiger partial charge in [0, 0.05) is 22.9 Å².